The summed E-state index contributed by atoms with van der Waals surface area (Å²) in [6.45, 7) is -2.28. The second-order valence-electron chi connectivity index (χ2n) is 7.65. The molecule has 5 aromatic rings. The third-order valence-corrected chi connectivity index (χ3v) is 5.54. The molecular weight excluding hydrogens is 424 g/mol. The van der Waals surface area contributed by atoms with Crippen LogP contribution >= 0.6 is 0 Å². The number of imidazole rings is 1. The van der Waals surface area contributed by atoms with Gasteiger partial charge in [-0.3, -0.25) is 4.98 Å². The number of benzene rings is 3. The number of fused-ring (bicyclic) bond motifs is 2. The van der Waals surface area contributed by atoms with Gasteiger partial charge in [0.2, 0.25) is 0 Å². The van der Waals surface area contributed by atoms with Crippen LogP contribution in [0.5, 0.6) is 5.75 Å². The van der Waals surface area contributed by atoms with Crippen LogP contribution in [0.2, 0.25) is 0 Å². The van der Waals surface area contributed by atoms with Crippen molar-refractivity contribution in [1.82, 2.24) is 14.5 Å². The van der Waals surface area contributed by atoms with Gasteiger partial charge in [0.25, 0.3) is 0 Å². The molecule has 0 aliphatic heterocycles. The maximum Gasteiger partial charge on any atom is 0.387 e. The van der Waals surface area contributed by atoms with Gasteiger partial charge in [-0.1, -0.05) is 42.5 Å². The van der Waals surface area contributed by atoms with Gasteiger partial charge in [0.15, 0.2) is 0 Å². The number of hydrogen-bond acceptors (Lipinski definition) is 4. The molecule has 0 spiro atoms. The number of nitrogens with zero attached hydrogens (tertiary/aromatic N) is 3. The van der Waals surface area contributed by atoms with Crippen LogP contribution in [0.3, 0.4) is 0 Å². The number of ether oxygens (including phenoxy) is 2. The average molecular weight is 445 g/mol. The lowest BCUT2D eigenvalue weighted by Gasteiger charge is -2.14. The Balaban J connectivity index is 1.60. The number of methoxy groups -OCH3 is 1. The predicted octanol–water partition coefficient (Wildman–Crippen LogP) is 6.05. The highest BCUT2D eigenvalue weighted by atomic mass is 19.3. The summed E-state index contributed by atoms with van der Waals surface area (Å²) in [5, 5.41) is 1.06. The van der Waals surface area contributed by atoms with Gasteiger partial charge in [0.1, 0.15) is 18.2 Å². The van der Waals surface area contributed by atoms with Gasteiger partial charge in [-0.05, 0) is 35.9 Å². The molecule has 5 rings (SSSR count). The standard InChI is InChI=1S/C26H21F2N3O2/c1-32-16-25-30-22-11-10-17(20-12-18-6-2-4-8-21(18)29-14-20)13-23(22)31(25)15-19-7-3-5-9-24(19)33-26(27)28/h2-14,26H,15-16H2,1H3. The first-order valence-electron chi connectivity index (χ1n) is 10.5. The molecule has 2 heterocycles. The molecule has 33 heavy (non-hydrogen) atoms. The molecule has 0 saturated carbocycles. The fraction of sp³-hybridized carbons (Fsp3) is 0.154. The molecule has 0 bridgehead atoms. The first-order valence-corrected chi connectivity index (χ1v) is 10.5. The normalized spacial score (nSPS) is 11.5. The lowest BCUT2D eigenvalue weighted by molar-refractivity contribution is -0.0504. The van der Waals surface area contributed by atoms with Crippen molar-refractivity contribution in [3.8, 4) is 16.9 Å². The van der Waals surface area contributed by atoms with Crippen molar-refractivity contribution in [2.45, 2.75) is 19.8 Å². The maximum atomic E-state index is 12.9. The summed E-state index contributed by atoms with van der Waals surface area (Å²) < 4.78 is 37.9. The van der Waals surface area contributed by atoms with E-state index in [1.165, 1.54) is 0 Å². The van der Waals surface area contributed by atoms with E-state index in [2.05, 4.69) is 11.1 Å². The summed E-state index contributed by atoms with van der Waals surface area (Å²) in [5.74, 6) is 0.848. The molecule has 7 heteroatoms. The Morgan fingerprint density at radius 3 is 2.58 bits per heavy atom. The Morgan fingerprint density at radius 1 is 0.909 bits per heavy atom. The smallest absolute Gasteiger partial charge is 0.387 e. The maximum absolute atomic E-state index is 12.9. The van der Waals surface area contributed by atoms with E-state index in [-0.39, 0.29) is 5.75 Å². The second-order valence-corrected chi connectivity index (χ2v) is 7.65. The number of halogens is 2. The summed E-state index contributed by atoms with van der Waals surface area (Å²) in [4.78, 5) is 9.28. The number of para-hydroxylation sites is 2. The van der Waals surface area contributed by atoms with Crippen molar-refractivity contribution >= 4 is 21.9 Å². The minimum absolute atomic E-state index is 0.146. The Labute approximate surface area is 189 Å². The zero-order valence-corrected chi connectivity index (χ0v) is 17.9. The topological polar surface area (TPSA) is 49.2 Å². The fourth-order valence-electron chi connectivity index (χ4n) is 4.01. The van der Waals surface area contributed by atoms with Crippen molar-refractivity contribution in [3.05, 3.63) is 90.4 Å². The number of hydrogen-bond donors (Lipinski definition) is 0. The molecule has 0 unspecified atom stereocenters. The van der Waals surface area contributed by atoms with Gasteiger partial charge >= 0.3 is 6.61 Å². The van der Waals surface area contributed by atoms with Crippen LogP contribution < -0.4 is 4.74 Å². The van der Waals surface area contributed by atoms with Gasteiger partial charge in [-0.2, -0.15) is 8.78 Å². The fourth-order valence-corrected chi connectivity index (χ4v) is 4.01. The van der Waals surface area contributed by atoms with E-state index in [0.29, 0.717) is 24.5 Å². The van der Waals surface area contributed by atoms with Crippen molar-refractivity contribution in [2.24, 2.45) is 0 Å². The Morgan fingerprint density at radius 2 is 1.73 bits per heavy atom. The van der Waals surface area contributed by atoms with Gasteiger partial charge in [0.05, 0.1) is 23.1 Å². The Bertz CT molecular complexity index is 1430. The van der Waals surface area contributed by atoms with E-state index in [1.54, 1.807) is 31.4 Å². The van der Waals surface area contributed by atoms with Crippen molar-refractivity contribution in [1.29, 1.82) is 0 Å². The van der Waals surface area contributed by atoms with Crippen molar-refractivity contribution in [2.75, 3.05) is 7.11 Å². The summed E-state index contributed by atoms with van der Waals surface area (Å²) in [6.07, 6.45) is 1.85. The lowest BCUT2D eigenvalue weighted by Crippen LogP contribution is -2.09. The molecule has 0 saturated heterocycles. The lowest BCUT2D eigenvalue weighted by atomic mass is 10.0. The minimum Gasteiger partial charge on any atom is -0.434 e. The van der Waals surface area contributed by atoms with E-state index in [9.17, 15) is 8.78 Å². The first-order chi connectivity index (χ1) is 16.1. The van der Waals surface area contributed by atoms with Crippen LogP contribution in [-0.2, 0) is 17.9 Å². The second kappa shape index (κ2) is 8.96. The Hall–Kier alpha value is -3.84. The summed E-state index contributed by atoms with van der Waals surface area (Å²) in [7, 11) is 1.60. The van der Waals surface area contributed by atoms with Crippen LogP contribution in [0.4, 0.5) is 8.78 Å². The zero-order chi connectivity index (χ0) is 22.8. The van der Waals surface area contributed by atoms with Crippen LogP contribution in [0.1, 0.15) is 11.4 Å². The molecule has 0 aliphatic rings. The van der Waals surface area contributed by atoms with E-state index in [1.807, 2.05) is 53.2 Å². The van der Waals surface area contributed by atoms with Gasteiger partial charge in [0, 0.05) is 29.8 Å². The molecular formula is C26H21F2N3O2. The summed E-state index contributed by atoms with van der Waals surface area (Å²) in [5.41, 5.74) is 5.21. The third kappa shape index (κ3) is 4.27. The number of aromatic nitrogens is 3. The zero-order valence-electron chi connectivity index (χ0n) is 17.9. The van der Waals surface area contributed by atoms with Crippen molar-refractivity contribution in [3.63, 3.8) is 0 Å². The van der Waals surface area contributed by atoms with Crippen LogP contribution in [0.25, 0.3) is 33.1 Å². The monoisotopic (exact) mass is 445 g/mol. The van der Waals surface area contributed by atoms with Gasteiger partial charge in [-0.15, -0.1) is 0 Å². The van der Waals surface area contributed by atoms with Gasteiger partial charge in [-0.25, -0.2) is 4.98 Å². The average Bonchev–Trinajstić information content (AvgIpc) is 3.16. The highest BCUT2D eigenvalue weighted by molar-refractivity contribution is 5.87. The van der Waals surface area contributed by atoms with Crippen molar-refractivity contribution < 1.29 is 18.3 Å². The van der Waals surface area contributed by atoms with E-state index < -0.39 is 6.61 Å². The van der Waals surface area contributed by atoms with Crippen LogP contribution in [0, 0.1) is 0 Å². The van der Waals surface area contributed by atoms with Crippen LogP contribution in [0.15, 0.2) is 79.0 Å². The SMILES string of the molecule is COCc1nc2ccc(-c3cnc4ccccc4c3)cc2n1Cc1ccccc1OC(F)F. The molecule has 0 aliphatic carbocycles. The summed E-state index contributed by atoms with van der Waals surface area (Å²) in [6, 6.07) is 22.9. The number of rotatable bonds is 7. The minimum atomic E-state index is -2.89. The predicted molar refractivity (Wildman–Crippen MR) is 123 cm³/mol. The van der Waals surface area contributed by atoms with Crippen LogP contribution in [-0.4, -0.2) is 28.3 Å². The number of pyridine rings is 1. The number of alkyl halides is 2. The molecule has 5 nitrogen and oxygen atoms in total. The molecule has 0 fully saturated rings. The molecule has 3 aromatic carbocycles. The molecule has 0 N–H and O–H groups in total. The highest BCUT2D eigenvalue weighted by Crippen LogP contribution is 2.29. The van der Waals surface area contributed by atoms with E-state index in [0.717, 1.165) is 33.1 Å². The third-order valence-electron chi connectivity index (χ3n) is 5.54. The Kier molecular flexibility index (Phi) is 5.71. The largest absolute Gasteiger partial charge is 0.434 e. The quantitative estimate of drug-likeness (QED) is 0.306. The van der Waals surface area contributed by atoms with E-state index >= 15 is 0 Å². The summed E-state index contributed by atoms with van der Waals surface area (Å²) >= 11 is 0. The first kappa shape index (κ1) is 21.0. The molecule has 166 valence electrons. The molecule has 0 amide bonds. The van der Waals surface area contributed by atoms with Gasteiger partial charge < -0.3 is 14.0 Å². The molecule has 0 atom stereocenters. The molecule has 0 radical (unpaired) electrons. The highest BCUT2D eigenvalue weighted by Gasteiger charge is 2.16. The molecule has 2 aromatic heterocycles. The van der Waals surface area contributed by atoms with E-state index in [4.69, 9.17) is 14.5 Å².